The average Bonchev–Trinajstić information content (AvgIpc) is 2.75. The summed E-state index contributed by atoms with van der Waals surface area (Å²) >= 11 is 2.00. The minimum atomic E-state index is 0.589. The van der Waals surface area contributed by atoms with Gasteiger partial charge in [-0.2, -0.15) is 11.8 Å². The van der Waals surface area contributed by atoms with E-state index in [0.29, 0.717) is 6.04 Å². The number of nitrogens with zero attached hydrogens (tertiary/aromatic N) is 1. The zero-order valence-electron chi connectivity index (χ0n) is 11.7. The van der Waals surface area contributed by atoms with Gasteiger partial charge >= 0.3 is 0 Å². The molecule has 0 spiro atoms. The van der Waals surface area contributed by atoms with E-state index < -0.39 is 0 Å². The molecular weight excluding hydrogens is 240 g/mol. The summed E-state index contributed by atoms with van der Waals surface area (Å²) in [7, 11) is 2.17. The van der Waals surface area contributed by atoms with Gasteiger partial charge in [0.1, 0.15) is 0 Å². The minimum Gasteiger partial charge on any atom is -0.374 e. The van der Waals surface area contributed by atoms with Crippen LogP contribution in [0.1, 0.15) is 25.0 Å². The lowest BCUT2D eigenvalue weighted by Crippen LogP contribution is -2.27. The second-order valence-electron chi connectivity index (χ2n) is 5.08. The third-order valence-electron chi connectivity index (χ3n) is 3.50. The summed E-state index contributed by atoms with van der Waals surface area (Å²) in [5, 5.41) is 3.60. The molecule has 18 heavy (non-hydrogen) atoms. The smallest absolute Gasteiger partial charge is 0.0397 e. The molecular formula is C15H24N2S. The summed E-state index contributed by atoms with van der Waals surface area (Å²) in [6.07, 6.45) is 1.20. The van der Waals surface area contributed by atoms with E-state index in [1.165, 1.54) is 34.7 Å². The highest BCUT2D eigenvalue weighted by Gasteiger charge is 2.15. The maximum Gasteiger partial charge on any atom is 0.0397 e. The molecule has 3 heteroatoms. The molecule has 1 heterocycles. The molecule has 1 aromatic carbocycles. The van der Waals surface area contributed by atoms with E-state index in [0.717, 1.165) is 13.1 Å². The second-order valence-corrected chi connectivity index (χ2v) is 6.39. The van der Waals surface area contributed by atoms with Gasteiger partial charge in [-0.15, -0.1) is 0 Å². The van der Waals surface area contributed by atoms with Crippen LogP contribution in [-0.4, -0.2) is 31.1 Å². The van der Waals surface area contributed by atoms with Crippen LogP contribution < -0.4 is 10.2 Å². The van der Waals surface area contributed by atoms with E-state index in [4.69, 9.17) is 0 Å². The Balaban J connectivity index is 1.87. The van der Waals surface area contributed by atoms with Gasteiger partial charge in [-0.1, -0.05) is 19.1 Å². The van der Waals surface area contributed by atoms with Crippen molar-refractivity contribution in [2.75, 3.05) is 30.0 Å². The van der Waals surface area contributed by atoms with Gasteiger partial charge in [-0.25, -0.2) is 0 Å². The van der Waals surface area contributed by atoms with E-state index in [1.807, 2.05) is 11.8 Å². The van der Waals surface area contributed by atoms with Crippen molar-refractivity contribution in [3.05, 3.63) is 29.3 Å². The van der Waals surface area contributed by atoms with Gasteiger partial charge in [0.05, 0.1) is 0 Å². The number of benzene rings is 1. The van der Waals surface area contributed by atoms with Crippen molar-refractivity contribution in [2.24, 2.45) is 0 Å². The number of likely N-dealkylation sites (N-methyl/N-ethyl adjacent to an activating group) is 1. The van der Waals surface area contributed by atoms with Crippen molar-refractivity contribution in [1.82, 2.24) is 5.32 Å². The number of anilines is 1. The Kier molecular flexibility index (Phi) is 4.95. The summed E-state index contributed by atoms with van der Waals surface area (Å²) in [5.74, 6) is 2.40. The third kappa shape index (κ3) is 3.42. The fourth-order valence-electron chi connectivity index (χ4n) is 2.38. The first-order chi connectivity index (χ1) is 8.70. The van der Waals surface area contributed by atoms with Gasteiger partial charge in [0.25, 0.3) is 0 Å². The Morgan fingerprint density at radius 3 is 3.06 bits per heavy atom. The fraction of sp³-hybridized carbons (Fsp3) is 0.600. The van der Waals surface area contributed by atoms with Crippen LogP contribution in [0.2, 0.25) is 0 Å². The van der Waals surface area contributed by atoms with Crippen molar-refractivity contribution in [1.29, 1.82) is 0 Å². The van der Waals surface area contributed by atoms with Crippen molar-refractivity contribution in [2.45, 2.75) is 32.9 Å². The Labute approximate surface area is 115 Å². The average molecular weight is 264 g/mol. The lowest BCUT2D eigenvalue weighted by Gasteiger charge is -2.15. The second kappa shape index (κ2) is 6.48. The molecule has 1 aromatic rings. The van der Waals surface area contributed by atoms with Crippen molar-refractivity contribution in [3.63, 3.8) is 0 Å². The SMILES string of the molecule is CCSCC(C)NCc1ccc2c(c1)CCN2C. The number of rotatable bonds is 6. The van der Waals surface area contributed by atoms with Crippen LogP contribution >= 0.6 is 11.8 Å². The Bertz CT molecular complexity index is 392. The zero-order chi connectivity index (χ0) is 13.0. The Morgan fingerprint density at radius 2 is 2.28 bits per heavy atom. The highest BCUT2D eigenvalue weighted by Crippen LogP contribution is 2.27. The van der Waals surface area contributed by atoms with E-state index in [1.54, 1.807) is 0 Å². The van der Waals surface area contributed by atoms with Crippen molar-refractivity contribution < 1.29 is 0 Å². The third-order valence-corrected chi connectivity index (χ3v) is 4.64. The van der Waals surface area contributed by atoms with Crippen molar-refractivity contribution >= 4 is 17.4 Å². The molecule has 1 N–H and O–H groups in total. The van der Waals surface area contributed by atoms with Gasteiger partial charge in [0, 0.05) is 37.6 Å². The summed E-state index contributed by atoms with van der Waals surface area (Å²) in [4.78, 5) is 2.34. The van der Waals surface area contributed by atoms with Crippen LogP contribution in [-0.2, 0) is 13.0 Å². The molecule has 2 rings (SSSR count). The topological polar surface area (TPSA) is 15.3 Å². The van der Waals surface area contributed by atoms with E-state index in [2.05, 4.69) is 49.3 Å². The maximum absolute atomic E-state index is 3.60. The van der Waals surface area contributed by atoms with E-state index in [9.17, 15) is 0 Å². The number of fused-ring (bicyclic) bond motifs is 1. The monoisotopic (exact) mass is 264 g/mol. The van der Waals surface area contributed by atoms with Gasteiger partial charge in [0.2, 0.25) is 0 Å². The summed E-state index contributed by atoms with van der Waals surface area (Å²) < 4.78 is 0. The molecule has 0 fully saturated rings. The molecule has 0 saturated heterocycles. The van der Waals surface area contributed by atoms with Gasteiger partial charge in [0.15, 0.2) is 0 Å². The molecule has 100 valence electrons. The van der Waals surface area contributed by atoms with Crippen molar-refractivity contribution in [3.8, 4) is 0 Å². The molecule has 1 aliphatic rings. The first-order valence-corrected chi connectivity index (χ1v) is 8.00. The number of hydrogen-bond donors (Lipinski definition) is 1. The molecule has 0 aromatic heterocycles. The normalized spacial score (nSPS) is 15.8. The lowest BCUT2D eigenvalue weighted by molar-refractivity contribution is 0.596. The van der Waals surface area contributed by atoms with Gasteiger partial charge in [-0.3, -0.25) is 0 Å². The zero-order valence-corrected chi connectivity index (χ0v) is 12.5. The van der Waals surface area contributed by atoms with Gasteiger partial charge in [-0.05, 0) is 36.3 Å². The van der Waals surface area contributed by atoms with Crippen LogP contribution in [0.5, 0.6) is 0 Å². The van der Waals surface area contributed by atoms with Crippen LogP contribution in [0.4, 0.5) is 5.69 Å². The van der Waals surface area contributed by atoms with E-state index >= 15 is 0 Å². The number of hydrogen-bond acceptors (Lipinski definition) is 3. The Hall–Kier alpha value is -0.670. The fourth-order valence-corrected chi connectivity index (χ4v) is 3.08. The minimum absolute atomic E-state index is 0.589. The first kappa shape index (κ1) is 13.8. The van der Waals surface area contributed by atoms with Gasteiger partial charge < -0.3 is 10.2 Å². The molecule has 2 nitrogen and oxygen atoms in total. The van der Waals surface area contributed by atoms with Crippen LogP contribution in [0.3, 0.4) is 0 Å². The molecule has 1 unspecified atom stereocenters. The standard InChI is InChI=1S/C15H24N2S/c1-4-18-11-12(2)16-10-13-5-6-15-14(9-13)7-8-17(15)3/h5-6,9,12,16H,4,7-8,10-11H2,1-3H3. The largest absolute Gasteiger partial charge is 0.374 e. The lowest BCUT2D eigenvalue weighted by atomic mass is 10.1. The first-order valence-electron chi connectivity index (χ1n) is 6.84. The Morgan fingerprint density at radius 1 is 1.44 bits per heavy atom. The molecule has 0 radical (unpaired) electrons. The highest BCUT2D eigenvalue weighted by atomic mass is 32.2. The molecule has 0 bridgehead atoms. The molecule has 0 aliphatic carbocycles. The summed E-state index contributed by atoms with van der Waals surface area (Å²) in [5.41, 5.74) is 4.33. The molecule has 0 saturated carbocycles. The predicted molar refractivity (Wildman–Crippen MR) is 82.7 cm³/mol. The molecule has 0 amide bonds. The quantitative estimate of drug-likeness (QED) is 0.850. The van der Waals surface area contributed by atoms with Crippen LogP contribution in [0.15, 0.2) is 18.2 Å². The van der Waals surface area contributed by atoms with Crippen LogP contribution in [0, 0.1) is 0 Å². The number of nitrogens with one attached hydrogen (secondary N) is 1. The number of thioether (sulfide) groups is 1. The predicted octanol–water partition coefficient (Wildman–Crippen LogP) is 2.91. The summed E-state index contributed by atoms with van der Waals surface area (Å²) in [6, 6.07) is 7.48. The van der Waals surface area contributed by atoms with E-state index in [-0.39, 0.29) is 0 Å². The molecule has 1 aliphatic heterocycles. The van der Waals surface area contributed by atoms with Crippen LogP contribution in [0.25, 0.3) is 0 Å². The molecule has 1 atom stereocenters. The maximum atomic E-state index is 3.60. The summed E-state index contributed by atoms with van der Waals surface area (Å²) in [6.45, 7) is 6.64. The highest BCUT2D eigenvalue weighted by molar-refractivity contribution is 7.99.